The first-order chi connectivity index (χ1) is 8.58. The predicted octanol–water partition coefficient (Wildman–Crippen LogP) is 2.45. The van der Waals surface area contributed by atoms with Gasteiger partial charge in [-0.2, -0.15) is 0 Å². The van der Waals surface area contributed by atoms with Crippen LogP contribution in [0.5, 0.6) is 0 Å². The third-order valence-corrected chi connectivity index (χ3v) is 2.83. The summed E-state index contributed by atoms with van der Waals surface area (Å²) in [5, 5.41) is 20.3. The Morgan fingerprint density at radius 3 is 2.72 bits per heavy atom. The number of aliphatic hydroxyl groups excluding tert-OH is 1. The molecule has 0 spiro atoms. The number of rotatable bonds is 7. The molecule has 0 heterocycles. The summed E-state index contributed by atoms with van der Waals surface area (Å²) in [5.41, 5.74) is 0.646. The summed E-state index contributed by atoms with van der Waals surface area (Å²) in [6, 6.07) is 4.67. The summed E-state index contributed by atoms with van der Waals surface area (Å²) in [4.78, 5) is 12.5. The molecule has 1 aromatic carbocycles. The van der Waals surface area contributed by atoms with Gasteiger partial charge in [0.1, 0.15) is 0 Å². The molecule has 0 amide bonds. The normalized spacial score (nSPS) is 10.9. The van der Waals surface area contributed by atoms with Crippen LogP contribution in [0, 0.1) is 10.1 Å². The molecular formula is C12H17ClN2O3. The number of aliphatic hydroxyl groups is 1. The van der Waals surface area contributed by atoms with Crippen LogP contribution in [0.3, 0.4) is 0 Å². The maximum Gasteiger partial charge on any atom is 0.275 e. The molecule has 0 radical (unpaired) electrons. The van der Waals surface area contributed by atoms with Crippen molar-refractivity contribution in [1.82, 2.24) is 4.90 Å². The van der Waals surface area contributed by atoms with Crippen molar-refractivity contribution in [3.63, 3.8) is 0 Å². The first-order valence-electron chi connectivity index (χ1n) is 5.84. The van der Waals surface area contributed by atoms with Crippen molar-refractivity contribution in [2.75, 3.05) is 19.7 Å². The van der Waals surface area contributed by atoms with Gasteiger partial charge >= 0.3 is 0 Å². The Morgan fingerprint density at radius 2 is 2.17 bits per heavy atom. The molecule has 0 atom stereocenters. The van der Waals surface area contributed by atoms with E-state index in [0.29, 0.717) is 23.7 Å². The summed E-state index contributed by atoms with van der Waals surface area (Å²) in [5.74, 6) is 0. The first-order valence-corrected chi connectivity index (χ1v) is 6.22. The highest BCUT2D eigenvalue weighted by atomic mass is 35.5. The number of nitro benzene ring substituents is 1. The van der Waals surface area contributed by atoms with Crippen molar-refractivity contribution in [3.05, 3.63) is 38.9 Å². The highest BCUT2D eigenvalue weighted by Gasteiger charge is 2.16. The summed E-state index contributed by atoms with van der Waals surface area (Å²) < 4.78 is 0. The summed E-state index contributed by atoms with van der Waals surface area (Å²) >= 11 is 5.76. The van der Waals surface area contributed by atoms with Gasteiger partial charge in [-0.25, -0.2) is 0 Å². The average Bonchev–Trinajstić information content (AvgIpc) is 2.32. The average molecular weight is 273 g/mol. The van der Waals surface area contributed by atoms with Gasteiger partial charge in [-0.1, -0.05) is 18.5 Å². The largest absolute Gasteiger partial charge is 0.395 e. The van der Waals surface area contributed by atoms with Crippen LogP contribution in [0.1, 0.15) is 18.9 Å². The lowest BCUT2D eigenvalue weighted by atomic mass is 10.1. The van der Waals surface area contributed by atoms with Crippen LogP contribution in [0.15, 0.2) is 18.2 Å². The molecular weight excluding hydrogens is 256 g/mol. The minimum Gasteiger partial charge on any atom is -0.395 e. The van der Waals surface area contributed by atoms with E-state index in [1.807, 2.05) is 11.8 Å². The predicted molar refractivity (Wildman–Crippen MR) is 70.8 cm³/mol. The van der Waals surface area contributed by atoms with E-state index in [9.17, 15) is 10.1 Å². The lowest BCUT2D eigenvalue weighted by Gasteiger charge is -2.20. The second kappa shape index (κ2) is 7.31. The monoisotopic (exact) mass is 272 g/mol. The smallest absolute Gasteiger partial charge is 0.275 e. The van der Waals surface area contributed by atoms with Gasteiger partial charge in [-0.05, 0) is 25.1 Å². The fourth-order valence-corrected chi connectivity index (χ4v) is 1.98. The molecule has 1 aromatic rings. The van der Waals surface area contributed by atoms with Crippen LogP contribution < -0.4 is 0 Å². The maximum atomic E-state index is 11.0. The molecule has 100 valence electrons. The van der Waals surface area contributed by atoms with Gasteiger partial charge in [0.05, 0.1) is 11.5 Å². The lowest BCUT2D eigenvalue weighted by molar-refractivity contribution is -0.385. The van der Waals surface area contributed by atoms with Gasteiger partial charge in [0.2, 0.25) is 0 Å². The molecule has 5 nitrogen and oxygen atoms in total. The maximum absolute atomic E-state index is 11.0. The van der Waals surface area contributed by atoms with E-state index in [0.717, 1.165) is 13.0 Å². The van der Waals surface area contributed by atoms with E-state index in [4.69, 9.17) is 16.7 Å². The zero-order valence-electron chi connectivity index (χ0n) is 10.3. The van der Waals surface area contributed by atoms with Crippen molar-refractivity contribution < 1.29 is 10.0 Å². The van der Waals surface area contributed by atoms with Gasteiger partial charge in [-0.3, -0.25) is 15.0 Å². The molecule has 6 heteroatoms. The van der Waals surface area contributed by atoms with Gasteiger partial charge in [-0.15, -0.1) is 0 Å². The zero-order chi connectivity index (χ0) is 13.5. The molecule has 0 aliphatic carbocycles. The van der Waals surface area contributed by atoms with Crippen molar-refractivity contribution in [2.45, 2.75) is 19.9 Å². The number of benzene rings is 1. The summed E-state index contributed by atoms with van der Waals surface area (Å²) in [6.07, 6.45) is 0.932. The third-order valence-electron chi connectivity index (χ3n) is 2.59. The molecule has 1 N–H and O–H groups in total. The number of nitrogens with zero attached hydrogens (tertiary/aromatic N) is 2. The van der Waals surface area contributed by atoms with E-state index in [2.05, 4.69) is 0 Å². The lowest BCUT2D eigenvalue weighted by Crippen LogP contribution is -2.27. The number of nitro groups is 1. The van der Waals surface area contributed by atoms with Crippen molar-refractivity contribution >= 4 is 17.3 Å². The highest BCUT2D eigenvalue weighted by Crippen LogP contribution is 2.24. The Hall–Kier alpha value is -1.17. The van der Waals surface area contributed by atoms with E-state index in [-0.39, 0.29) is 12.3 Å². The van der Waals surface area contributed by atoms with Crippen LogP contribution in [0.2, 0.25) is 5.02 Å². The number of halogens is 1. The minimum absolute atomic E-state index is 0.0292. The molecule has 0 saturated heterocycles. The SMILES string of the molecule is CCCN(CCO)Cc1ccc(Cl)cc1[N+](=O)[O-]. The van der Waals surface area contributed by atoms with E-state index < -0.39 is 4.92 Å². The summed E-state index contributed by atoms with van der Waals surface area (Å²) in [6.45, 7) is 3.82. The second-order valence-corrected chi connectivity index (χ2v) is 4.47. The fraction of sp³-hybridized carbons (Fsp3) is 0.500. The van der Waals surface area contributed by atoms with Crippen molar-refractivity contribution in [3.8, 4) is 0 Å². The molecule has 0 bridgehead atoms. The van der Waals surface area contributed by atoms with Gasteiger partial charge in [0.25, 0.3) is 5.69 Å². The Labute approximate surface area is 111 Å². The zero-order valence-corrected chi connectivity index (χ0v) is 11.1. The van der Waals surface area contributed by atoms with Crippen LogP contribution in [-0.2, 0) is 6.54 Å². The molecule has 1 rings (SSSR count). The summed E-state index contributed by atoms with van der Waals surface area (Å²) in [7, 11) is 0. The van der Waals surface area contributed by atoms with Gasteiger partial charge < -0.3 is 5.11 Å². The quantitative estimate of drug-likeness (QED) is 0.612. The molecule has 0 aliphatic rings. The van der Waals surface area contributed by atoms with Gasteiger partial charge in [0.15, 0.2) is 0 Å². The van der Waals surface area contributed by atoms with E-state index in [1.165, 1.54) is 6.07 Å². The van der Waals surface area contributed by atoms with Crippen molar-refractivity contribution in [1.29, 1.82) is 0 Å². The molecule has 0 aromatic heterocycles. The first kappa shape index (κ1) is 14.9. The third kappa shape index (κ3) is 4.25. The number of hydrogen-bond acceptors (Lipinski definition) is 4. The van der Waals surface area contributed by atoms with Crippen LogP contribution in [0.25, 0.3) is 0 Å². The topological polar surface area (TPSA) is 66.6 Å². The number of hydrogen-bond donors (Lipinski definition) is 1. The van der Waals surface area contributed by atoms with E-state index in [1.54, 1.807) is 12.1 Å². The van der Waals surface area contributed by atoms with Crippen LogP contribution in [0.4, 0.5) is 5.69 Å². The van der Waals surface area contributed by atoms with Gasteiger partial charge in [0, 0.05) is 29.7 Å². The fourth-order valence-electron chi connectivity index (χ4n) is 1.81. The van der Waals surface area contributed by atoms with Crippen molar-refractivity contribution in [2.24, 2.45) is 0 Å². The molecule has 0 aliphatic heterocycles. The molecule has 0 fully saturated rings. The molecule has 0 unspecified atom stereocenters. The molecule has 18 heavy (non-hydrogen) atoms. The Morgan fingerprint density at radius 1 is 1.44 bits per heavy atom. The van der Waals surface area contributed by atoms with E-state index >= 15 is 0 Å². The standard InChI is InChI=1S/C12H17ClN2O3/c1-2-5-14(6-7-16)9-10-3-4-11(13)8-12(10)15(17)18/h3-4,8,16H,2,5-7,9H2,1H3. The Kier molecular flexibility index (Phi) is 6.04. The van der Waals surface area contributed by atoms with Crippen LogP contribution >= 0.6 is 11.6 Å². The second-order valence-electron chi connectivity index (χ2n) is 4.03. The highest BCUT2D eigenvalue weighted by molar-refractivity contribution is 6.30. The van der Waals surface area contributed by atoms with Crippen LogP contribution in [-0.4, -0.2) is 34.6 Å². The molecule has 0 saturated carbocycles. The minimum atomic E-state index is -0.426. The Balaban J connectivity index is 2.90. The Bertz CT molecular complexity index is 406.